The molecule has 0 radical (unpaired) electrons. The molecule has 1 aromatic carbocycles. The molecule has 1 aliphatic rings. The van der Waals surface area contributed by atoms with Crippen molar-refractivity contribution < 1.29 is 9.18 Å². The fourth-order valence-electron chi connectivity index (χ4n) is 3.37. The lowest BCUT2D eigenvalue weighted by Gasteiger charge is -2.28. The van der Waals surface area contributed by atoms with Gasteiger partial charge in [0, 0.05) is 23.7 Å². The van der Waals surface area contributed by atoms with Crippen molar-refractivity contribution in [1.29, 1.82) is 0 Å². The number of fused-ring (bicyclic) bond motifs is 1. The average Bonchev–Trinajstić information content (AvgIpc) is 3.00. The number of nitrogens with one attached hydrogen (secondary N) is 1. The first-order valence-electron chi connectivity index (χ1n) is 8.69. The minimum absolute atomic E-state index is 0.214. The van der Waals surface area contributed by atoms with Crippen molar-refractivity contribution in [1.82, 2.24) is 9.97 Å². The zero-order valence-corrected chi connectivity index (χ0v) is 15.3. The molecule has 26 heavy (non-hydrogen) atoms. The van der Waals surface area contributed by atoms with Gasteiger partial charge in [-0.05, 0) is 50.5 Å². The molecular formula is C19H19FN4OS. The van der Waals surface area contributed by atoms with E-state index in [4.69, 9.17) is 0 Å². The van der Waals surface area contributed by atoms with Crippen molar-refractivity contribution in [2.24, 2.45) is 0 Å². The second kappa shape index (κ2) is 6.99. The van der Waals surface area contributed by atoms with E-state index < -0.39 is 0 Å². The van der Waals surface area contributed by atoms with Crippen LogP contribution in [0.15, 0.2) is 30.6 Å². The van der Waals surface area contributed by atoms with Gasteiger partial charge < -0.3 is 10.2 Å². The number of halogens is 1. The molecule has 1 amide bonds. The summed E-state index contributed by atoms with van der Waals surface area (Å²) >= 11 is 1.50. The van der Waals surface area contributed by atoms with E-state index in [1.54, 1.807) is 18.5 Å². The zero-order valence-electron chi connectivity index (χ0n) is 14.5. The van der Waals surface area contributed by atoms with Crippen LogP contribution in [0, 0.1) is 12.7 Å². The summed E-state index contributed by atoms with van der Waals surface area (Å²) in [5.41, 5.74) is 1.17. The second-order valence-corrected chi connectivity index (χ2v) is 7.62. The fourth-order valence-corrected chi connectivity index (χ4v) is 4.36. The van der Waals surface area contributed by atoms with E-state index in [0.717, 1.165) is 46.8 Å². The summed E-state index contributed by atoms with van der Waals surface area (Å²) in [6.45, 7) is 3.81. The molecule has 1 aliphatic heterocycles. The number of rotatable bonds is 3. The number of thiophene rings is 1. The fraction of sp³-hybridized carbons (Fsp3) is 0.316. The first-order valence-corrected chi connectivity index (χ1v) is 9.51. The Morgan fingerprint density at radius 1 is 1.15 bits per heavy atom. The smallest absolute Gasteiger partial charge is 0.257 e. The number of carbonyl (C=O) groups excluding carboxylic acids is 1. The van der Waals surface area contributed by atoms with Crippen LogP contribution in [0.5, 0.6) is 0 Å². The maximum absolute atomic E-state index is 13.1. The number of amides is 1. The number of benzene rings is 1. The molecule has 7 heteroatoms. The van der Waals surface area contributed by atoms with Crippen LogP contribution < -0.4 is 10.2 Å². The summed E-state index contributed by atoms with van der Waals surface area (Å²) < 4.78 is 13.1. The molecule has 1 saturated heterocycles. The van der Waals surface area contributed by atoms with E-state index in [9.17, 15) is 9.18 Å². The predicted octanol–water partition coefficient (Wildman–Crippen LogP) is 4.38. The monoisotopic (exact) mass is 370 g/mol. The first kappa shape index (κ1) is 16.9. The van der Waals surface area contributed by atoms with Gasteiger partial charge in [-0.3, -0.25) is 4.79 Å². The van der Waals surface area contributed by atoms with Gasteiger partial charge in [0.25, 0.3) is 5.91 Å². The largest absolute Gasteiger partial charge is 0.356 e. The van der Waals surface area contributed by atoms with Crippen LogP contribution in [-0.4, -0.2) is 29.0 Å². The minimum atomic E-state index is -0.332. The Labute approximate surface area is 154 Å². The van der Waals surface area contributed by atoms with E-state index >= 15 is 0 Å². The van der Waals surface area contributed by atoms with Crippen molar-refractivity contribution in [2.75, 3.05) is 23.3 Å². The van der Waals surface area contributed by atoms with Gasteiger partial charge in [-0.1, -0.05) is 0 Å². The van der Waals surface area contributed by atoms with Gasteiger partial charge in [-0.2, -0.15) is 0 Å². The van der Waals surface area contributed by atoms with Crippen LogP contribution >= 0.6 is 11.3 Å². The normalized spacial score (nSPS) is 14.6. The van der Waals surface area contributed by atoms with Crippen LogP contribution in [0.4, 0.5) is 15.9 Å². The molecule has 4 rings (SSSR count). The number of aromatic nitrogens is 2. The first-order chi connectivity index (χ1) is 12.6. The Morgan fingerprint density at radius 3 is 2.62 bits per heavy atom. The third-order valence-corrected chi connectivity index (χ3v) is 5.64. The standard InChI is InChI=1S/C19H19FN4OS/c1-12-15(18(25)23-14-7-5-13(20)6-8-14)16-17(21-11-22-19(16)26-12)24-9-3-2-4-10-24/h5-8,11H,2-4,9-10H2,1H3,(H,23,25). The molecule has 0 aliphatic carbocycles. The third kappa shape index (κ3) is 3.14. The second-order valence-electron chi connectivity index (χ2n) is 6.42. The summed E-state index contributed by atoms with van der Waals surface area (Å²) in [4.78, 5) is 25.8. The van der Waals surface area contributed by atoms with Crippen molar-refractivity contribution in [3.8, 4) is 0 Å². The van der Waals surface area contributed by atoms with Crippen molar-refractivity contribution in [2.45, 2.75) is 26.2 Å². The van der Waals surface area contributed by atoms with Crippen LogP contribution in [0.2, 0.25) is 0 Å². The molecule has 0 unspecified atom stereocenters. The Bertz CT molecular complexity index is 948. The van der Waals surface area contributed by atoms with Gasteiger partial charge in [0.1, 0.15) is 22.8 Å². The molecule has 1 N–H and O–H groups in total. The highest BCUT2D eigenvalue weighted by atomic mass is 32.1. The molecule has 0 spiro atoms. The van der Waals surface area contributed by atoms with E-state index in [1.807, 2.05) is 6.92 Å². The molecule has 3 aromatic rings. The Balaban J connectivity index is 1.75. The minimum Gasteiger partial charge on any atom is -0.356 e. The van der Waals surface area contributed by atoms with E-state index in [2.05, 4.69) is 20.2 Å². The van der Waals surface area contributed by atoms with Gasteiger partial charge in [0.15, 0.2) is 0 Å². The quantitative estimate of drug-likeness (QED) is 0.743. The summed E-state index contributed by atoms with van der Waals surface area (Å²) in [6.07, 6.45) is 5.06. The van der Waals surface area contributed by atoms with Crippen LogP contribution in [-0.2, 0) is 0 Å². The number of hydrogen-bond donors (Lipinski definition) is 1. The number of piperidine rings is 1. The van der Waals surface area contributed by atoms with Gasteiger partial charge in [0.2, 0.25) is 0 Å². The number of carbonyl (C=O) groups is 1. The highest BCUT2D eigenvalue weighted by Gasteiger charge is 2.24. The number of anilines is 2. The molecule has 1 fully saturated rings. The Kier molecular flexibility index (Phi) is 4.55. The van der Waals surface area contributed by atoms with Crippen molar-refractivity contribution >= 4 is 39.0 Å². The molecule has 2 aromatic heterocycles. The lowest BCUT2D eigenvalue weighted by Crippen LogP contribution is -2.30. The molecular weight excluding hydrogens is 351 g/mol. The maximum atomic E-state index is 13.1. The van der Waals surface area contributed by atoms with Crippen LogP contribution in [0.1, 0.15) is 34.5 Å². The SMILES string of the molecule is Cc1sc2ncnc(N3CCCCC3)c2c1C(=O)Nc1ccc(F)cc1. The van der Waals surface area contributed by atoms with Crippen molar-refractivity contribution in [3.63, 3.8) is 0 Å². The Morgan fingerprint density at radius 2 is 1.88 bits per heavy atom. The zero-order chi connectivity index (χ0) is 18.1. The third-order valence-electron chi connectivity index (χ3n) is 4.63. The maximum Gasteiger partial charge on any atom is 0.257 e. The highest BCUT2D eigenvalue weighted by Crippen LogP contribution is 2.36. The number of nitrogens with zero attached hydrogens (tertiary/aromatic N) is 3. The molecule has 0 bridgehead atoms. The van der Waals surface area contributed by atoms with E-state index in [1.165, 1.54) is 29.9 Å². The van der Waals surface area contributed by atoms with Gasteiger partial charge in [-0.15, -0.1) is 11.3 Å². The van der Waals surface area contributed by atoms with Gasteiger partial charge >= 0.3 is 0 Å². The average molecular weight is 370 g/mol. The van der Waals surface area contributed by atoms with E-state index in [-0.39, 0.29) is 11.7 Å². The van der Waals surface area contributed by atoms with Gasteiger partial charge in [-0.25, -0.2) is 14.4 Å². The Hall–Kier alpha value is -2.54. The highest BCUT2D eigenvalue weighted by molar-refractivity contribution is 7.19. The summed E-state index contributed by atoms with van der Waals surface area (Å²) in [7, 11) is 0. The molecule has 3 heterocycles. The number of aryl methyl sites for hydroxylation is 1. The van der Waals surface area contributed by atoms with E-state index in [0.29, 0.717) is 11.3 Å². The summed E-state index contributed by atoms with van der Waals surface area (Å²) in [5, 5.41) is 3.68. The van der Waals surface area contributed by atoms with Gasteiger partial charge in [0.05, 0.1) is 10.9 Å². The molecule has 5 nitrogen and oxygen atoms in total. The molecule has 0 atom stereocenters. The topological polar surface area (TPSA) is 58.1 Å². The summed E-state index contributed by atoms with van der Waals surface area (Å²) in [6, 6.07) is 5.77. The lowest BCUT2D eigenvalue weighted by atomic mass is 10.1. The number of hydrogen-bond acceptors (Lipinski definition) is 5. The lowest BCUT2D eigenvalue weighted by molar-refractivity contribution is 0.102. The van der Waals surface area contributed by atoms with Crippen molar-refractivity contribution in [3.05, 3.63) is 46.9 Å². The predicted molar refractivity (Wildman–Crippen MR) is 103 cm³/mol. The van der Waals surface area contributed by atoms with Crippen LogP contribution in [0.25, 0.3) is 10.2 Å². The molecule has 134 valence electrons. The van der Waals surface area contributed by atoms with Crippen LogP contribution in [0.3, 0.4) is 0 Å². The molecule has 0 saturated carbocycles. The summed E-state index contributed by atoms with van der Waals surface area (Å²) in [5.74, 6) is 0.290.